The lowest BCUT2D eigenvalue weighted by Gasteiger charge is -2.38. The first-order chi connectivity index (χ1) is 18.5. The van der Waals surface area contributed by atoms with E-state index < -0.39 is 0 Å². The van der Waals surface area contributed by atoms with Gasteiger partial charge in [0.1, 0.15) is 22.4 Å². The van der Waals surface area contributed by atoms with Crippen LogP contribution in [-0.2, 0) is 0 Å². The number of halogens is 1. The number of rotatable bonds is 7. The molecule has 7 nitrogen and oxygen atoms in total. The highest BCUT2D eigenvalue weighted by molar-refractivity contribution is 7.09. The van der Waals surface area contributed by atoms with Crippen LogP contribution in [0, 0.1) is 5.82 Å². The number of hydrogen-bond donors (Lipinski definition) is 0. The van der Waals surface area contributed by atoms with E-state index in [1.54, 1.807) is 37.4 Å². The van der Waals surface area contributed by atoms with Gasteiger partial charge in [-0.3, -0.25) is 4.79 Å². The minimum Gasteiger partial charge on any atom is -0.496 e. The van der Waals surface area contributed by atoms with E-state index in [1.165, 1.54) is 17.4 Å². The number of thiazole rings is 1. The average molecular weight is 532 g/mol. The molecule has 1 amide bonds. The third kappa shape index (κ3) is 5.06. The van der Waals surface area contributed by atoms with Gasteiger partial charge in [-0.25, -0.2) is 14.4 Å². The summed E-state index contributed by atoms with van der Waals surface area (Å²) >= 11 is 1.53. The third-order valence-corrected chi connectivity index (χ3v) is 7.92. The lowest BCUT2D eigenvalue weighted by molar-refractivity contribution is 0.0742. The molecule has 1 saturated heterocycles. The Morgan fingerprint density at radius 2 is 1.74 bits per heavy atom. The van der Waals surface area contributed by atoms with Crippen LogP contribution in [0.5, 0.6) is 5.75 Å². The molecule has 4 aromatic rings. The van der Waals surface area contributed by atoms with Crippen molar-refractivity contribution in [3.05, 3.63) is 88.6 Å². The van der Waals surface area contributed by atoms with E-state index in [-0.39, 0.29) is 17.8 Å². The van der Waals surface area contributed by atoms with Crippen LogP contribution < -0.4 is 14.5 Å². The normalized spacial score (nSPS) is 14.3. The molecule has 5 rings (SSSR count). The van der Waals surface area contributed by atoms with Gasteiger partial charge in [-0.15, -0.1) is 11.3 Å². The van der Waals surface area contributed by atoms with Crippen molar-refractivity contribution in [2.75, 3.05) is 50.1 Å². The standard InChI is InChI=1S/C29H30FN5O2S/c1-20(28-31-14-19-38-28)33(2)29(36)22-12-13-24(21-8-4-7-11-26(21)37-3)32-27(22)35-17-15-34(16-18-35)25-10-6-5-9-23(25)30/h4-14,19-20H,15-18H2,1-3H3/t20-/m1/s1. The highest BCUT2D eigenvalue weighted by Crippen LogP contribution is 2.33. The second-order valence-corrected chi connectivity index (χ2v) is 10.1. The number of ether oxygens (including phenoxy) is 1. The summed E-state index contributed by atoms with van der Waals surface area (Å²) in [6, 6.07) is 18.1. The summed E-state index contributed by atoms with van der Waals surface area (Å²) in [6.07, 6.45) is 1.75. The van der Waals surface area contributed by atoms with Crippen LogP contribution in [0.2, 0.25) is 0 Å². The van der Waals surface area contributed by atoms with Gasteiger partial charge in [0.05, 0.1) is 30.1 Å². The number of para-hydroxylation sites is 2. The first-order valence-electron chi connectivity index (χ1n) is 12.5. The van der Waals surface area contributed by atoms with Gasteiger partial charge in [0.15, 0.2) is 0 Å². The fourth-order valence-corrected chi connectivity index (χ4v) is 5.44. The van der Waals surface area contributed by atoms with Crippen molar-refractivity contribution in [2.45, 2.75) is 13.0 Å². The Morgan fingerprint density at radius 3 is 2.45 bits per heavy atom. The van der Waals surface area contributed by atoms with Crippen LogP contribution in [0.25, 0.3) is 11.3 Å². The first kappa shape index (κ1) is 25.7. The zero-order valence-corrected chi connectivity index (χ0v) is 22.5. The fraction of sp³-hybridized carbons (Fsp3) is 0.276. The molecule has 0 radical (unpaired) electrons. The molecule has 0 bridgehead atoms. The average Bonchev–Trinajstić information content (AvgIpc) is 3.51. The highest BCUT2D eigenvalue weighted by Gasteiger charge is 2.28. The number of methoxy groups -OCH3 is 1. The van der Waals surface area contributed by atoms with Gasteiger partial charge >= 0.3 is 0 Å². The van der Waals surface area contributed by atoms with E-state index in [0.717, 1.165) is 16.3 Å². The maximum Gasteiger partial charge on any atom is 0.257 e. The molecule has 1 fully saturated rings. The van der Waals surface area contributed by atoms with Crippen LogP contribution in [0.1, 0.15) is 28.3 Å². The number of hydrogen-bond acceptors (Lipinski definition) is 7. The van der Waals surface area contributed by atoms with Gasteiger partial charge in [0.25, 0.3) is 5.91 Å². The number of anilines is 2. The van der Waals surface area contributed by atoms with Gasteiger partial charge in [-0.1, -0.05) is 24.3 Å². The Balaban J connectivity index is 1.48. The Morgan fingerprint density at radius 1 is 1.03 bits per heavy atom. The Hall–Kier alpha value is -3.98. The molecule has 0 N–H and O–H groups in total. The van der Waals surface area contributed by atoms with Crippen LogP contribution in [0.15, 0.2) is 72.2 Å². The quantitative estimate of drug-likeness (QED) is 0.313. The summed E-state index contributed by atoms with van der Waals surface area (Å²) in [5.41, 5.74) is 2.69. The number of carbonyl (C=O) groups excluding carboxylic acids is 1. The lowest BCUT2D eigenvalue weighted by Crippen LogP contribution is -2.47. The molecule has 2 aromatic carbocycles. The van der Waals surface area contributed by atoms with Gasteiger partial charge in [-0.05, 0) is 43.3 Å². The Kier molecular flexibility index (Phi) is 7.55. The molecule has 9 heteroatoms. The van der Waals surface area contributed by atoms with Crippen LogP contribution in [-0.4, -0.2) is 61.1 Å². The van der Waals surface area contributed by atoms with Crippen molar-refractivity contribution >= 4 is 28.7 Å². The van der Waals surface area contributed by atoms with Crippen molar-refractivity contribution in [2.24, 2.45) is 0 Å². The highest BCUT2D eigenvalue weighted by atomic mass is 32.1. The van der Waals surface area contributed by atoms with Crippen molar-refractivity contribution in [1.82, 2.24) is 14.9 Å². The molecule has 38 heavy (non-hydrogen) atoms. The zero-order valence-electron chi connectivity index (χ0n) is 21.7. The second-order valence-electron chi connectivity index (χ2n) is 9.16. The van der Waals surface area contributed by atoms with Crippen molar-refractivity contribution in [3.63, 3.8) is 0 Å². The molecular weight excluding hydrogens is 501 g/mol. The number of nitrogens with zero attached hydrogens (tertiary/aromatic N) is 5. The minimum absolute atomic E-state index is 0.127. The van der Waals surface area contributed by atoms with E-state index in [1.807, 2.05) is 59.7 Å². The monoisotopic (exact) mass is 531 g/mol. The number of piperazine rings is 1. The molecule has 0 aliphatic carbocycles. The van der Waals surface area contributed by atoms with Crippen LogP contribution in [0.4, 0.5) is 15.9 Å². The molecule has 1 aliphatic heterocycles. The molecular formula is C29H30FN5O2S. The van der Waals surface area contributed by atoms with E-state index in [4.69, 9.17) is 9.72 Å². The maximum absolute atomic E-state index is 14.4. The molecule has 1 aliphatic rings. The first-order valence-corrected chi connectivity index (χ1v) is 13.4. The largest absolute Gasteiger partial charge is 0.496 e. The molecule has 0 saturated carbocycles. The smallest absolute Gasteiger partial charge is 0.257 e. The predicted octanol–water partition coefficient (Wildman–Crippen LogP) is 5.51. The van der Waals surface area contributed by atoms with Gasteiger partial charge in [0, 0.05) is 50.4 Å². The maximum atomic E-state index is 14.4. The van der Waals surface area contributed by atoms with E-state index in [0.29, 0.717) is 49.0 Å². The number of amides is 1. The van der Waals surface area contributed by atoms with Gasteiger partial charge in [-0.2, -0.15) is 0 Å². The van der Waals surface area contributed by atoms with Crippen molar-refractivity contribution < 1.29 is 13.9 Å². The van der Waals surface area contributed by atoms with Gasteiger partial charge in [0.2, 0.25) is 0 Å². The summed E-state index contributed by atoms with van der Waals surface area (Å²) in [7, 11) is 3.43. The molecule has 196 valence electrons. The van der Waals surface area contributed by atoms with E-state index in [2.05, 4.69) is 9.88 Å². The van der Waals surface area contributed by atoms with E-state index >= 15 is 0 Å². The Labute approximate surface area is 226 Å². The van der Waals surface area contributed by atoms with Crippen LogP contribution >= 0.6 is 11.3 Å². The summed E-state index contributed by atoms with van der Waals surface area (Å²) in [5.74, 6) is 0.970. The van der Waals surface area contributed by atoms with Gasteiger partial charge < -0.3 is 19.4 Å². The SMILES string of the molecule is COc1ccccc1-c1ccc(C(=O)N(C)[C@H](C)c2nccs2)c(N2CCN(c3ccccc3F)CC2)n1. The number of pyridine rings is 1. The summed E-state index contributed by atoms with van der Waals surface area (Å²) in [5, 5.41) is 2.79. The fourth-order valence-electron chi connectivity index (χ4n) is 4.70. The molecule has 0 unspecified atom stereocenters. The minimum atomic E-state index is -0.231. The topological polar surface area (TPSA) is 61.8 Å². The second kappa shape index (κ2) is 11.2. The predicted molar refractivity (Wildman–Crippen MR) is 150 cm³/mol. The summed E-state index contributed by atoms with van der Waals surface area (Å²) in [4.78, 5) is 29.1. The number of benzene rings is 2. The molecule has 2 aromatic heterocycles. The van der Waals surface area contributed by atoms with Crippen LogP contribution in [0.3, 0.4) is 0 Å². The molecule has 0 spiro atoms. The van der Waals surface area contributed by atoms with Crippen molar-refractivity contribution in [3.8, 4) is 17.0 Å². The third-order valence-electron chi connectivity index (χ3n) is 6.97. The Bertz CT molecular complexity index is 1410. The summed E-state index contributed by atoms with van der Waals surface area (Å²) < 4.78 is 20.0. The van der Waals surface area contributed by atoms with E-state index in [9.17, 15) is 9.18 Å². The number of carbonyl (C=O) groups is 1. The zero-order chi connectivity index (χ0) is 26.6. The summed E-state index contributed by atoms with van der Waals surface area (Å²) in [6.45, 7) is 4.40. The molecule has 3 heterocycles. The number of aromatic nitrogens is 2. The molecule has 1 atom stereocenters. The van der Waals surface area contributed by atoms with Crippen molar-refractivity contribution in [1.29, 1.82) is 0 Å². The lowest BCUT2D eigenvalue weighted by atomic mass is 10.1.